The van der Waals surface area contributed by atoms with Gasteiger partial charge in [0.2, 0.25) is 11.7 Å². The monoisotopic (exact) mass is 395 g/mol. The number of amides is 1. The Labute approximate surface area is 147 Å². The van der Waals surface area contributed by atoms with Gasteiger partial charge in [-0.3, -0.25) is 14.9 Å². The van der Waals surface area contributed by atoms with E-state index in [1.165, 1.54) is 9.58 Å². The molecule has 1 aromatic carbocycles. The van der Waals surface area contributed by atoms with Crippen molar-refractivity contribution in [2.24, 2.45) is 7.05 Å². The van der Waals surface area contributed by atoms with Crippen molar-refractivity contribution in [1.29, 1.82) is 0 Å². The van der Waals surface area contributed by atoms with E-state index in [2.05, 4.69) is 26.3 Å². The van der Waals surface area contributed by atoms with Gasteiger partial charge >= 0.3 is 5.69 Å². The van der Waals surface area contributed by atoms with E-state index in [0.29, 0.717) is 23.6 Å². The number of hydrogen-bond acceptors (Lipinski definition) is 5. The quantitative estimate of drug-likeness (QED) is 0.599. The summed E-state index contributed by atoms with van der Waals surface area (Å²) < 4.78 is 2.20. The van der Waals surface area contributed by atoms with E-state index >= 15 is 0 Å². The van der Waals surface area contributed by atoms with Crippen molar-refractivity contribution in [2.45, 2.75) is 13.3 Å². The molecule has 8 nitrogen and oxygen atoms in total. The zero-order chi connectivity index (χ0) is 17.9. The van der Waals surface area contributed by atoms with Crippen LogP contribution < -0.4 is 10.2 Å². The molecule has 0 spiro atoms. The number of benzene rings is 1. The van der Waals surface area contributed by atoms with Crippen molar-refractivity contribution < 1.29 is 9.72 Å². The van der Waals surface area contributed by atoms with Gasteiger partial charge in [0.05, 0.1) is 17.2 Å². The lowest BCUT2D eigenvalue weighted by Crippen LogP contribution is -2.31. The molecule has 0 saturated heterocycles. The molecule has 0 unspecified atom stereocenters. The molecular formula is C15H18BrN5O3. The molecule has 0 atom stereocenters. The molecular weight excluding hydrogens is 378 g/mol. The number of nitrogens with zero attached hydrogens (tertiary/aromatic N) is 4. The Morgan fingerprint density at radius 1 is 1.46 bits per heavy atom. The number of hydrogen-bond donors (Lipinski definition) is 1. The fourth-order valence-corrected chi connectivity index (χ4v) is 2.84. The molecule has 9 heteroatoms. The Hall–Kier alpha value is -2.42. The summed E-state index contributed by atoms with van der Waals surface area (Å²) in [5, 5.41) is 18.3. The topological polar surface area (TPSA) is 93.3 Å². The number of carbonyl (C=O) groups is 1. The number of carbonyl (C=O) groups excluding carboxylic acids is 1. The Morgan fingerprint density at radius 3 is 2.71 bits per heavy atom. The van der Waals surface area contributed by atoms with Crippen molar-refractivity contribution in [3.05, 3.63) is 44.5 Å². The number of aromatic nitrogens is 2. The normalized spacial score (nSPS) is 10.5. The third-order valence-corrected chi connectivity index (χ3v) is 4.16. The summed E-state index contributed by atoms with van der Waals surface area (Å²) >= 11 is 3.36. The molecule has 0 radical (unpaired) electrons. The van der Waals surface area contributed by atoms with Gasteiger partial charge < -0.3 is 10.2 Å². The van der Waals surface area contributed by atoms with Gasteiger partial charge in [-0.05, 0) is 34.5 Å². The minimum absolute atomic E-state index is 0.0368. The van der Waals surface area contributed by atoms with Crippen LogP contribution in [0.3, 0.4) is 0 Å². The number of halogens is 1. The number of anilines is 2. The minimum atomic E-state index is -0.455. The van der Waals surface area contributed by atoms with E-state index in [-0.39, 0.29) is 18.1 Å². The number of likely N-dealkylation sites (N-methyl/N-ethyl adjacent to an activating group) is 1. The average Bonchev–Trinajstić information content (AvgIpc) is 2.86. The highest BCUT2D eigenvalue weighted by Crippen LogP contribution is 2.31. The van der Waals surface area contributed by atoms with Crippen LogP contribution in [0.2, 0.25) is 0 Å². The van der Waals surface area contributed by atoms with Crippen LogP contribution >= 0.6 is 15.9 Å². The molecule has 1 N–H and O–H groups in total. The largest absolute Gasteiger partial charge is 0.345 e. The lowest BCUT2D eigenvalue weighted by molar-refractivity contribution is -0.384. The summed E-state index contributed by atoms with van der Waals surface area (Å²) in [5.41, 5.74) is 0.983. The van der Waals surface area contributed by atoms with Gasteiger partial charge in [0.1, 0.15) is 5.69 Å². The van der Waals surface area contributed by atoms with Crippen LogP contribution in [0.15, 0.2) is 28.7 Å². The smallest absolute Gasteiger partial charge is 0.334 e. The molecule has 0 bridgehead atoms. The van der Waals surface area contributed by atoms with Crippen LogP contribution in [0.4, 0.5) is 17.2 Å². The Kier molecular flexibility index (Phi) is 5.55. The molecule has 0 aliphatic heterocycles. The van der Waals surface area contributed by atoms with E-state index in [1.54, 1.807) is 27.1 Å². The van der Waals surface area contributed by atoms with Crippen LogP contribution in [-0.2, 0) is 18.3 Å². The molecule has 0 aliphatic rings. The van der Waals surface area contributed by atoms with Gasteiger partial charge in [-0.1, -0.05) is 19.1 Å². The first-order chi connectivity index (χ1) is 11.3. The third kappa shape index (κ3) is 3.73. The summed E-state index contributed by atoms with van der Waals surface area (Å²) in [7, 11) is 3.26. The highest BCUT2D eigenvalue weighted by atomic mass is 79.9. The summed E-state index contributed by atoms with van der Waals surface area (Å²) in [6.07, 6.45) is 0.446. The second-order valence-corrected chi connectivity index (χ2v) is 6.09. The lowest BCUT2D eigenvalue weighted by atomic mass is 10.3. The van der Waals surface area contributed by atoms with Crippen molar-refractivity contribution in [3.63, 3.8) is 0 Å². The summed E-state index contributed by atoms with van der Waals surface area (Å²) in [6, 6.07) is 7.24. The van der Waals surface area contributed by atoms with Crippen LogP contribution in [-0.4, -0.2) is 34.2 Å². The van der Waals surface area contributed by atoms with E-state index in [9.17, 15) is 14.9 Å². The maximum absolute atomic E-state index is 12.2. The van der Waals surface area contributed by atoms with Crippen LogP contribution in [0, 0.1) is 10.1 Å². The van der Waals surface area contributed by atoms with Gasteiger partial charge in [0, 0.05) is 18.6 Å². The number of rotatable bonds is 6. The fraction of sp³-hybridized carbons (Fsp3) is 0.333. The molecule has 128 valence electrons. The highest BCUT2D eigenvalue weighted by Gasteiger charge is 2.28. The number of para-hydroxylation sites is 1. The van der Waals surface area contributed by atoms with Gasteiger partial charge in [-0.15, -0.1) is 0 Å². The van der Waals surface area contributed by atoms with E-state index in [1.807, 2.05) is 18.2 Å². The number of nitro groups is 1. The first-order valence-corrected chi connectivity index (χ1v) is 8.10. The lowest BCUT2D eigenvalue weighted by Gasteiger charge is -2.18. The molecule has 1 aromatic heterocycles. The maximum atomic E-state index is 12.2. The summed E-state index contributed by atoms with van der Waals surface area (Å²) in [4.78, 5) is 24.7. The first kappa shape index (κ1) is 17.9. The average molecular weight is 396 g/mol. The number of nitrogens with one attached hydrogen (secondary N) is 1. The molecule has 1 heterocycles. The van der Waals surface area contributed by atoms with Crippen LogP contribution in [0.5, 0.6) is 0 Å². The van der Waals surface area contributed by atoms with E-state index < -0.39 is 4.92 Å². The SMILES string of the molecule is CCc1nn(C)c(N(C)CC(=O)Nc2ccccc2Br)c1[N+](=O)[O-]. The molecule has 0 saturated carbocycles. The molecule has 0 fully saturated rings. The maximum Gasteiger partial charge on any atom is 0.334 e. The predicted molar refractivity (Wildman–Crippen MR) is 95.3 cm³/mol. The van der Waals surface area contributed by atoms with Gasteiger partial charge in [0.15, 0.2) is 0 Å². The third-order valence-electron chi connectivity index (χ3n) is 3.47. The molecule has 2 aromatic rings. The van der Waals surface area contributed by atoms with Gasteiger partial charge in [-0.25, -0.2) is 4.68 Å². The standard InChI is InChI=1S/C15H18BrN5O3/c1-4-11-14(21(23)24)15(20(3)18-11)19(2)9-13(22)17-12-8-6-5-7-10(12)16/h5-8H,4,9H2,1-3H3,(H,17,22). The highest BCUT2D eigenvalue weighted by molar-refractivity contribution is 9.10. The number of aryl methyl sites for hydroxylation is 2. The Balaban J connectivity index is 2.19. The van der Waals surface area contributed by atoms with Crippen molar-refractivity contribution in [3.8, 4) is 0 Å². The van der Waals surface area contributed by atoms with Gasteiger partial charge in [0.25, 0.3) is 0 Å². The minimum Gasteiger partial charge on any atom is -0.345 e. The molecule has 24 heavy (non-hydrogen) atoms. The first-order valence-electron chi connectivity index (χ1n) is 7.30. The molecule has 0 aliphatic carbocycles. The molecule has 1 amide bonds. The second-order valence-electron chi connectivity index (χ2n) is 5.24. The van der Waals surface area contributed by atoms with E-state index in [4.69, 9.17) is 0 Å². The van der Waals surface area contributed by atoms with Crippen LogP contribution in [0.25, 0.3) is 0 Å². The van der Waals surface area contributed by atoms with Gasteiger partial charge in [-0.2, -0.15) is 5.10 Å². The van der Waals surface area contributed by atoms with Crippen molar-refractivity contribution in [1.82, 2.24) is 9.78 Å². The van der Waals surface area contributed by atoms with Crippen molar-refractivity contribution >= 4 is 39.0 Å². The predicted octanol–water partition coefficient (Wildman–Crippen LogP) is 2.73. The van der Waals surface area contributed by atoms with E-state index in [0.717, 1.165) is 4.47 Å². The summed E-state index contributed by atoms with van der Waals surface area (Å²) in [6.45, 7) is 1.77. The summed E-state index contributed by atoms with van der Waals surface area (Å²) in [5.74, 6) is 0.0251. The zero-order valence-corrected chi connectivity index (χ0v) is 15.2. The Morgan fingerprint density at radius 2 is 2.12 bits per heavy atom. The second kappa shape index (κ2) is 7.43. The van der Waals surface area contributed by atoms with Crippen molar-refractivity contribution in [2.75, 3.05) is 23.8 Å². The zero-order valence-electron chi connectivity index (χ0n) is 13.6. The Bertz CT molecular complexity index is 774. The fourth-order valence-electron chi connectivity index (χ4n) is 2.45. The molecule has 2 rings (SSSR count). The van der Waals surface area contributed by atoms with Crippen LogP contribution in [0.1, 0.15) is 12.6 Å².